The third kappa shape index (κ3) is 5.16. The Kier molecular flexibility index (Phi) is 7.67. The predicted octanol–water partition coefficient (Wildman–Crippen LogP) is 2.99. The Labute approximate surface area is 203 Å². The fourth-order valence-corrected chi connectivity index (χ4v) is 4.42. The number of ketones is 1. The number of amides is 1. The van der Waals surface area contributed by atoms with Crippen LogP contribution in [0.25, 0.3) is 5.76 Å². The summed E-state index contributed by atoms with van der Waals surface area (Å²) >= 11 is 0. The average Bonchev–Trinajstić information content (AvgIpc) is 3.13. The van der Waals surface area contributed by atoms with E-state index in [0.29, 0.717) is 43.4 Å². The number of aliphatic hydroxyl groups is 1. The van der Waals surface area contributed by atoms with Crippen molar-refractivity contribution < 1.29 is 33.3 Å². The molecule has 0 bridgehead atoms. The lowest BCUT2D eigenvalue weighted by Gasteiger charge is -2.31. The second-order valence-corrected chi connectivity index (χ2v) is 8.30. The summed E-state index contributed by atoms with van der Waals surface area (Å²) in [5, 5.41) is 11.1. The first-order valence-corrected chi connectivity index (χ1v) is 11.6. The zero-order valence-electron chi connectivity index (χ0n) is 19.8. The maximum absolute atomic E-state index is 13.5. The Balaban J connectivity index is 1.77. The number of carbonyl (C=O) groups is 2. The molecule has 0 spiro atoms. The molecule has 4 rings (SSSR count). The summed E-state index contributed by atoms with van der Waals surface area (Å²) in [7, 11) is 1.51. The first-order valence-electron chi connectivity index (χ1n) is 11.6. The molecule has 2 saturated heterocycles. The second-order valence-electron chi connectivity index (χ2n) is 8.30. The van der Waals surface area contributed by atoms with Crippen LogP contribution in [0.5, 0.6) is 11.5 Å². The van der Waals surface area contributed by atoms with E-state index in [-0.39, 0.29) is 23.4 Å². The van der Waals surface area contributed by atoms with E-state index in [0.717, 1.165) is 13.1 Å². The Hall–Kier alpha value is -3.43. The summed E-state index contributed by atoms with van der Waals surface area (Å²) in [5.74, 6) is -1.32. The van der Waals surface area contributed by atoms with Crippen LogP contribution in [0.2, 0.25) is 0 Å². The second kappa shape index (κ2) is 10.9. The largest absolute Gasteiger partial charge is 0.507 e. The van der Waals surface area contributed by atoms with Crippen molar-refractivity contribution in [3.63, 3.8) is 0 Å². The molecule has 35 heavy (non-hydrogen) atoms. The average molecular weight is 485 g/mol. The van der Waals surface area contributed by atoms with Crippen molar-refractivity contribution in [2.24, 2.45) is 0 Å². The fourth-order valence-electron chi connectivity index (χ4n) is 4.42. The van der Waals surface area contributed by atoms with E-state index in [1.54, 1.807) is 18.2 Å². The van der Waals surface area contributed by atoms with Crippen molar-refractivity contribution >= 4 is 17.4 Å². The molecular weight excluding hydrogens is 455 g/mol. The molecule has 0 aliphatic carbocycles. The lowest BCUT2D eigenvalue weighted by Crippen LogP contribution is -2.42. The van der Waals surface area contributed by atoms with Gasteiger partial charge in [0.25, 0.3) is 11.7 Å². The van der Waals surface area contributed by atoms with Crippen molar-refractivity contribution in [3.8, 4) is 11.5 Å². The van der Waals surface area contributed by atoms with Crippen molar-refractivity contribution in [3.05, 3.63) is 65.0 Å². The zero-order valence-corrected chi connectivity index (χ0v) is 19.8. The number of ether oxygens (including phenoxy) is 3. The van der Waals surface area contributed by atoms with Gasteiger partial charge in [-0.3, -0.25) is 14.5 Å². The molecule has 1 atom stereocenters. The molecule has 9 heteroatoms. The molecule has 0 aromatic heterocycles. The van der Waals surface area contributed by atoms with Gasteiger partial charge < -0.3 is 24.2 Å². The van der Waals surface area contributed by atoms with E-state index < -0.39 is 23.5 Å². The van der Waals surface area contributed by atoms with Crippen LogP contribution in [0.4, 0.5) is 4.39 Å². The molecule has 2 fully saturated rings. The molecule has 2 aromatic rings. The number of carbonyl (C=O) groups excluding carboxylic acids is 2. The summed E-state index contributed by atoms with van der Waals surface area (Å²) in [6, 6.07) is 9.48. The van der Waals surface area contributed by atoms with Crippen molar-refractivity contribution in [1.82, 2.24) is 9.80 Å². The van der Waals surface area contributed by atoms with E-state index >= 15 is 0 Å². The number of benzene rings is 2. The van der Waals surface area contributed by atoms with Gasteiger partial charge in [0.15, 0.2) is 11.5 Å². The van der Waals surface area contributed by atoms with Gasteiger partial charge in [0, 0.05) is 31.7 Å². The Morgan fingerprint density at radius 2 is 1.80 bits per heavy atom. The molecule has 2 aromatic carbocycles. The van der Waals surface area contributed by atoms with Gasteiger partial charge in [-0.15, -0.1) is 0 Å². The van der Waals surface area contributed by atoms with E-state index in [1.165, 1.54) is 36.3 Å². The number of hydrogen-bond donors (Lipinski definition) is 1. The highest BCUT2D eigenvalue weighted by Gasteiger charge is 2.46. The number of morpholine rings is 1. The number of Topliss-reactive ketones (excluding diaryl/α,β-unsaturated/α-hetero) is 1. The predicted molar refractivity (Wildman–Crippen MR) is 127 cm³/mol. The van der Waals surface area contributed by atoms with Crippen molar-refractivity contribution in [2.75, 3.05) is 53.1 Å². The maximum Gasteiger partial charge on any atom is 0.295 e. The van der Waals surface area contributed by atoms with Gasteiger partial charge >= 0.3 is 0 Å². The lowest BCUT2D eigenvalue weighted by molar-refractivity contribution is -0.140. The Bertz CT molecular complexity index is 1110. The van der Waals surface area contributed by atoms with Crippen LogP contribution >= 0.6 is 0 Å². The smallest absolute Gasteiger partial charge is 0.295 e. The minimum absolute atomic E-state index is 0.0465. The molecule has 0 saturated carbocycles. The monoisotopic (exact) mass is 484 g/mol. The Morgan fingerprint density at radius 3 is 2.46 bits per heavy atom. The lowest BCUT2D eigenvalue weighted by atomic mass is 9.95. The molecule has 8 nitrogen and oxygen atoms in total. The molecule has 2 aliphatic rings. The SMILES string of the molecule is CCOc1ccc(C2/C(=C(\O)c3ccc(F)cc3)C(=O)C(=O)N2CCN2CCOCC2)cc1OC. The number of aliphatic hydroxyl groups excluding tert-OH is 1. The van der Waals surface area contributed by atoms with Gasteiger partial charge in [0.1, 0.15) is 11.6 Å². The van der Waals surface area contributed by atoms with Gasteiger partial charge in [-0.25, -0.2) is 4.39 Å². The van der Waals surface area contributed by atoms with Crippen LogP contribution in [-0.4, -0.2) is 79.7 Å². The van der Waals surface area contributed by atoms with Crippen molar-refractivity contribution in [2.45, 2.75) is 13.0 Å². The van der Waals surface area contributed by atoms with Gasteiger partial charge in [-0.05, 0) is 48.9 Å². The highest BCUT2D eigenvalue weighted by atomic mass is 19.1. The number of nitrogens with zero attached hydrogens (tertiary/aromatic N) is 2. The van der Waals surface area contributed by atoms with Crippen LogP contribution in [0.1, 0.15) is 24.1 Å². The molecule has 1 unspecified atom stereocenters. The third-order valence-electron chi connectivity index (χ3n) is 6.22. The number of rotatable bonds is 8. The summed E-state index contributed by atoms with van der Waals surface area (Å²) in [6.07, 6.45) is 0. The first kappa shape index (κ1) is 24.7. The van der Waals surface area contributed by atoms with Crippen LogP contribution in [0.15, 0.2) is 48.0 Å². The highest BCUT2D eigenvalue weighted by molar-refractivity contribution is 6.46. The zero-order chi connectivity index (χ0) is 24.9. The molecule has 2 aliphatic heterocycles. The highest BCUT2D eigenvalue weighted by Crippen LogP contribution is 2.42. The van der Waals surface area contributed by atoms with Crippen LogP contribution in [0, 0.1) is 5.82 Å². The number of halogens is 1. The minimum atomic E-state index is -0.842. The molecular formula is C26H29FN2O6. The normalized spacial score (nSPS) is 20.3. The van der Waals surface area contributed by atoms with E-state index in [9.17, 15) is 19.1 Å². The first-order chi connectivity index (χ1) is 16.9. The number of likely N-dealkylation sites (tertiary alicyclic amines) is 1. The molecule has 2 heterocycles. The third-order valence-corrected chi connectivity index (χ3v) is 6.22. The summed E-state index contributed by atoms with van der Waals surface area (Å²) in [6.45, 7) is 5.84. The standard InChI is InChI=1S/C26H29FN2O6/c1-3-35-20-9-6-18(16-21(20)33-2)23-22(24(30)17-4-7-19(27)8-5-17)25(31)26(32)29(23)11-10-28-12-14-34-15-13-28/h4-9,16,23,30H,3,10-15H2,1-2H3/b24-22+. The summed E-state index contributed by atoms with van der Waals surface area (Å²) in [5.41, 5.74) is 0.797. The summed E-state index contributed by atoms with van der Waals surface area (Å²) in [4.78, 5) is 30.0. The van der Waals surface area contributed by atoms with Crippen molar-refractivity contribution in [1.29, 1.82) is 0 Å². The van der Waals surface area contributed by atoms with Gasteiger partial charge in [-0.2, -0.15) is 0 Å². The minimum Gasteiger partial charge on any atom is -0.507 e. The van der Waals surface area contributed by atoms with E-state index in [1.807, 2.05) is 6.92 Å². The molecule has 1 amide bonds. The topological polar surface area (TPSA) is 88.5 Å². The van der Waals surface area contributed by atoms with Gasteiger partial charge in [0.2, 0.25) is 0 Å². The van der Waals surface area contributed by atoms with E-state index in [2.05, 4.69) is 4.90 Å². The van der Waals surface area contributed by atoms with Gasteiger partial charge in [0.05, 0.1) is 38.5 Å². The van der Waals surface area contributed by atoms with Gasteiger partial charge in [-0.1, -0.05) is 6.07 Å². The van der Waals surface area contributed by atoms with Crippen LogP contribution in [-0.2, 0) is 14.3 Å². The number of methoxy groups -OCH3 is 1. The van der Waals surface area contributed by atoms with Crippen LogP contribution < -0.4 is 9.47 Å². The maximum atomic E-state index is 13.5. The summed E-state index contributed by atoms with van der Waals surface area (Å²) < 4.78 is 29.9. The van der Waals surface area contributed by atoms with Crippen LogP contribution in [0.3, 0.4) is 0 Å². The Morgan fingerprint density at radius 1 is 1.09 bits per heavy atom. The molecule has 0 radical (unpaired) electrons. The quantitative estimate of drug-likeness (QED) is 0.350. The molecule has 1 N–H and O–H groups in total. The fraction of sp³-hybridized carbons (Fsp3) is 0.385. The van der Waals surface area contributed by atoms with E-state index in [4.69, 9.17) is 14.2 Å². The number of hydrogen-bond acceptors (Lipinski definition) is 7. The molecule has 186 valence electrons.